The molecule has 0 aromatic heterocycles. The standard InChI is InChI=1S/C15H12ClF2NO2/c16-12-8-14(18)13(17)7-11(12)15(21)19-10-3-1-9(2-4-10)5-6-20/h1-4,7-8,20H,5-6H2,(H,19,21). The summed E-state index contributed by atoms with van der Waals surface area (Å²) in [5.41, 5.74) is 1.26. The number of rotatable bonds is 4. The zero-order chi connectivity index (χ0) is 15.4. The summed E-state index contributed by atoms with van der Waals surface area (Å²) in [5.74, 6) is -2.87. The molecule has 0 radical (unpaired) electrons. The van der Waals surface area contributed by atoms with Crippen LogP contribution in [0.5, 0.6) is 0 Å². The van der Waals surface area contributed by atoms with Gasteiger partial charge >= 0.3 is 0 Å². The molecule has 21 heavy (non-hydrogen) atoms. The summed E-state index contributed by atoms with van der Waals surface area (Å²) in [4.78, 5) is 12.0. The molecule has 0 aliphatic rings. The molecule has 2 aromatic carbocycles. The summed E-state index contributed by atoms with van der Waals surface area (Å²) in [7, 11) is 0. The molecule has 0 fully saturated rings. The Morgan fingerprint density at radius 3 is 2.38 bits per heavy atom. The molecule has 0 unspecified atom stereocenters. The average Bonchev–Trinajstić information content (AvgIpc) is 2.45. The van der Waals surface area contributed by atoms with Gasteiger partial charge in [-0.1, -0.05) is 23.7 Å². The van der Waals surface area contributed by atoms with Crippen molar-refractivity contribution in [2.75, 3.05) is 11.9 Å². The van der Waals surface area contributed by atoms with Crippen molar-refractivity contribution in [2.24, 2.45) is 0 Å². The fourth-order valence-electron chi connectivity index (χ4n) is 1.78. The molecule has 110 valence electrons. The second-order valence-corrected chi connectivity index (χ2v) is 4.78. The third kappa shape index (κ3) is 3.77. The van der Waals surface area contributed by atoms with E-state index in [1.807, 2.05) is 0 Å². The molecule has 0 atom stereocenters. The minimum atomic E-state index is -1.14. The Hall–Kier alpha value is -1.98. The van der Waals surface area contributed by atoms with Gasteiger partial charge in [0.1, 0.15) is 0 Å². The molecule has 6 heteroatoms. The second-order valence-electron chi connectivity index (χ2n) is 4.37. The number of carbonyl (C=O) groups is 1. The van der Waals surface area contributed by atoms with Gasteiger partial charge in [0, 0.05) is 12.3 Å². The van der Waals surface area contributed by atoms with Crippen LogP contribution >= 0.6 is 11.6 Å². The third-order valence-electron chi connectivity index (χ3n) is 2.87. The number of halogens is 3. The molecule has 0 saturated carbocycles. The van der Waals surface area contributed by atoms with E-state index in [1.54, 1.807) is 24.3 Å². The lowest BCUT2D eigenvalue weighted by atomic mass is 10.1. The highest BCUT2D eigenvalue weighted by atomic mass is 35.5. The van der Waals surface area contributed by atoms with E-state index in [4.69, 9.17) is 16.7 Å². The highest BCUT2D eigenvalue weighted by Crippen LogP contribution is 2.21. The Bertz CT molecular complexity index is 659. The molecule has 0 saturated heterocycles. The first-order valence-electron chi connectivity index (χ1n) is 6.17. The topological polar surface area (TPSA) is 49.3 Å². The summed E-state index contributed by atoms with van der Waals surface area (Å²) in [6.45, 7) is 0.0379. The van der Waals surface area contributed by atoms with Crippen LogP contribution in [-0.4, -0.2) is 17.6 Å². The minimum Gasteiger partial charge on any atom is -0.396 e. The average molecular weight is 312 g/mol. The molecule has 0 spiro atoms. The summed E-state index contributed by atoms with van der Waals surface area (Å²) in [6.07, 6.45) is 0.517. The van der Waals surface area contributed by atoms with Gasteiger partial charge in [0.2, 0.25) is 0 Å². The van der Waals surface area contributed by atoms with Crippen LogP contribution < -0.4 is 5.32 Å². The summed E-state index contributed by atoms with van der Waals surface area (Å²) >= 11 is 5.73. The van der Waals surface area contributed by atoms with Crippen LogP contribution in [0.25, 0.3) is 0 Å². The number of hydrogen-bond donors (Lipinski definition) is 2. The number of benzene rings is 2. The highest BCUT2D eigenvalue weighted by Gasteiger charge is 2.15. The van der Waals surface area contributed by atoms with E-state index in [2.05, 4.69) is 5.32 Å². The number of nitrogens with one attached hydrogen (secondary N) is 1. The fraction of sp³-hybridized carbons (Fsp3) is 0.133. The normalized spacial score (nSPS) is 10.5. The largest absolute Gasteiger partial charge is 0.396 e. The molecule has 0 bridgehead atoms. The van der Waals surface area contributed by atoms with E-state index in [-0.39, 0.29) is 17.2 Å². The Kier molecular flexibility index (Phi) is 4.88. The van der Waals surface area contributed by atoms with Gasteiger partial charge in [0.05, 0.1) is 10.6 Å². The lowest BCUT2D eigenvalue weighted by Gasteiger charge is -2.08. The maximum atomic E-state index is 13.2. The fourth-order valence-corrected chi connectivity index (χ4v) is 2.02. The molecule has 0 aliphatic heterocycles. The lowest BCUT2D eigenvalue weighted by Crippen LogP contribution is -2.13. The smallest absolute Gasteiger partial charge is 0.257 e. The first kappa shape index (κ1) is 15.4. The zero-order valence-electron chi connectivity index (χ0n) is 10.9. The quantitative estimate of drug-likeness (QED) is 0.850. The molecule has 0 heterocycles. The van der Waals surface area contributed by atoms with Gasteiger partial charge in [-0.2, -0.15) is 0 Å². The number of anilines is 1. The van der Waals surface area contributed by atoms with Crippen molar-refractivity contribution in [1.82, 2.24) is 0 Å². The second kappa shape index (κ2) is 6.65. The summed E-state index contributed by atoms with van der Waals surface area (Å²) < 4.78 is 26.1. The van der Waals surface area contributed by atoms with Gasteiger partial charge in [0.15, 0.2) is 11.6 Å². The van der Waals surface area contributed by atoms with Crippen molar-refractivity contribution in [3.63, 3.8) is 0 Å². The Labute approximate surface area is 125 Å². The SMILES string of the molecule is O=C(Nc1ccc(CCO)cc1)c1cc(F)c(F)cc1Cl. The number of amides is 1. The Morgan fingerprint density at radius 2 is 1.76 bits per heavy atom. The first-order chi connectivity index (χ1) is 10.0. The molecular formula is C15H12ClF2NO2. The van der Waals surface area contributed by atoms with Gasteiger partial charge in [-0.25, -0.2) is 8.78 Å². The van der Waals surface area contributed by atoms with E-state index in [9.17, 15) is 13.6 Å². The zero-order valence-corrected chi connectivity index (χ0v) is 11.6. The first-order valence-corrected chi connectivity index (χ1v) is 6.54. The molecular weight excluding hydrogens is 300 g/mol. The van der Waals surface area contributed by atoms with Gasteiger partial charge < -0.3 is 10.4 Å². The highest BCUT2D eigenvalue weighted by molar-refractivity contribution is 6.34. The van der Waals surface area contributed by atoms with Crippen LogP contribution in [0, 0.1) is 11.6 Å². The van der Waals surface area contributed by atoms with Crippen LogP contribution in [0.1, 0.15) is 15.9 Å². The van der Waals surface area contributed by atoms with Gasteiger partial charge in [0.25, 0.3) is 5.91 Å². The van der Waals surface area contributed by atoms with Crippen molar-refractivity contribution < 1.29 is 18.7 Å². The van der Waals surface area contributed by atoms with Crippen molar-refractivity contribution in [3.05, 3.63) is 64.2 Å². The third-order valence-corrected chi connectivity index (χ3v) is 3.18. The number of carbonyl (C=O) groups excluding carboxylic acids is 1. The summed E-state index contributed by atoms with van der Waals surface area (Å²) in [6, 6.07) is 8.31. The van der Waals surface area contributed by atoms with Crippen molar-refractivity contribution in [1.29, 1.82) is 0 Å². The number of aliphatic hydroxyl groups is 1. The predicted octanol–water partition coefficient (Wildman–Crippen LogP) is 3.41. The van der Waals surface area contributed by atoms with E-state index in [0.29, 0.717) is 12.1 Å². The number of aliphatic hydroxyl groups excluding tert-OH is 1. The van der Waals surface area contributed by atoms with Gasteiger partial charge in [-0.15, -0.1) is 0 Å². The summed E-state index contributed by atoms with van der Waals surface area (Å²) in [5, 5.41) is 11.2. The van der Waals surface area contributed by atoms with Crippen molar-refractivity contribution in [2.45, 2.75) is 6.42 Å². The molecule has 0 aliphatic carbocycles. The molecule has 2 N–H and O–H groups in total. The van der Waals surface area contributed by atoms with Crippen molar-refractivity contribution >= 4 is 23.2 Å². The van der Waals surface area contributed by atoms with Gasteiger partial charge in [-0.3, -0.25) is 4.79 Å². The van der Waals surface area contributed by atoms with Crippen LogP contribution in [0.2, 0.25) is 5.02 Å². The van der Waals surface area contributed by atoms with Crippen LogP contribution in [-0.2, 0) is 6.42 Å². The van der Waals surface area contributed by atoms with Crippen molar-refractivity contribution in [3.8, 4) is 0 Å². The van der Waals surface area contributed by atoms with E-state index in [0.717, 1.165) is 17.7 Å². The molecule has 3 nitrogen and oxygen atoms in total. The van der Waals surface area contributed by atoms with E-state index in [1.165, 1.54) is 0 Å². The minimum absolute atomic E-state index is 0.0379. The van der Waals surface area contributed by atoms with Crippen LogP contribution in [0.3, 0.4) is 0 Å². The predicted molar refractivity (Wildman–Crippen MR) is 76.6 cm³/mol. The maximum Gasteiger partial charge on any atom is 0.257 e. The number of hydrogen-bond acceptors (Lipinski definition) is 2. The van der Waals surface area contributed by atoms with Crippen LogP contribution in [0.15, 0.2) is 36.4 Å². The molecule has 1 amide bonds. The van der Waals surface area contributed by atoms with E-state index < -0.39 is 17.5 Å². The lowest BCUT2D eigenvalue weighted by molar-refractivity contribution is 0.102. The molecule has 2 rings (SSSR count). The van der Waals surface area contributed by atoms with E-state index >= 15 is 0 Å². The van der Waals surface area contributed by atoms with Gasteiger partial charge in [-0.05, 0) is 36.2 Å². The van der Waals surface area contributed by atoms with Crippen LogP contribution in [0.4, 0.5) is 14.5 Å². The maximum absolute atomic E-state index is 13.2. The molecule has 2 aromatic rings. The monoisotopic (exact) mass is 311 g/mol. The Balaban J connectivity index is 2.16. The Morgan fingerprint density at radius 1 is 1.14 bits per heavy atom.